The van der Waals surface area contributed by atoms with Crippen molar-refractivity contribution in [3.63, 3.8) is 0 Å². The number of halogens is 1. The zero-order chi connectivity index (χ0) is 13.1. The summed E-state index contributed by atoms with van der Waals surface area (Å²) in [6, 6.07) is 2.08. The molecular formula is C13H19ClN4. The number of hydrogen-bond acceptors (Lipinski definition) is 3. The van der Waals surface area contributed by atoms with Gasteiger partial charge in [-0.3, -0.25) is 0 Å². The van der Waals surface area contributed by atoms with E-state index in [9.17, 15) is 0 Å². The van der Waals surface area contributed by atoms with Crippen molar-refractivity contribution in [2.24, 2.45) is 0 Å². The van der Waals surface area contributed by atoms with Crippen molar-refractivity contribution in [3.05, 3.63) is 23.7 Å². The summed E-state index contributed by atoms with van der Waals surface area (Å²) in [4.78, 5) is 11.3. The summed E-state index contributed by atoms with van der Waals surface area (Å²) in [5.74, 6) is 1.62. The Bertz CT molecular complexity index is 533. The smallest absolute Gasteiger partial charge is 0.160 e. The van der Waals surface area contributed by atoms with Crippen molar-refractivity contribution >= 4 is 22.8 Å². The topological polar surface area (TPSA) is 34.0 Å². The average Bonchev–Trinajstić information content (AvgIpc) is 2.63. The largest absolute Gasteiger partial charge is 0.311 e. The van der Waals surface area contributed by atoms with Crippen molar-refractivity contribution in [1.29, 1.82) is 0 Å². The molecule has 0 atom stereocenters. The molecule has 0 aliphatic carbocycles. The standard InChI is InChI=1S/C13H19ClN4/c1-10-8-11-13(15-9-10)18(7-6-17(2)3)12(16-11)4-5-14/h8-9H,4-7H2,1-3H3. The van der Waals surface area contributed by atoms with Crippen LogP contribution in [0.15, 0.2) is 12.3 Å². The van der Waals surface area contributed by atoms with E-state index in [1.807, 2.05) is 13.1 Å². The maximum atomic E-state index is 5.85. The fourth-order valence-corrected chi connectivity index (χ4v) is 2.14. The van der Waals surface area contributed by atoms with Gasteiger partial charge in [0.25, 0.3) is 0 Å². The lowest BCUT2D eigenvalue weighted by atomic mass is 10.3. The Morgan fingerprint density at radius 2 is 2.17 bits per heavy atom. The molecule has 0 N–H and O–H groups in total. The maximum Gasteiger partial charge on any atom is 0.160 e. The van der Waals surface area contributed by atoms with Gasteiger partial charge in [0.15, 0.2) is 5.65 Å². The summed E-state index contributed by atoms with van der Waals surface area (Å²) in [5.41, 5.74) is 3.06. The third kappa shape index (κ3) is 2.82. The van der Waals surface area contributed by atoms with Gasteiger partial charge in [0.2, 0.25) is 0 Å². The van der Waals surface area contributed by atoms with E-state index in [-0.39, 0.29) is 0 Å². The second-order valence-corrected chi connectivity index (χ2v) is 5.16. The quantitative estimate of drug-likeness (QED) is 0.777. The first-order chi connectivity index (χ1) is 8.61. The maximum absolute atomic E-state index is 5.85. The minimum atomic E-state index is 0.588. The minimum Gasteiger partial charge on any atom is -0.311 e. The van der Waals surface area contributed by atoms with Gasteiger partial charge in [0.05, 0.1) is 0 Å². The molecule has 98 valence electrons. The third-order valence-electron chi connectivity index (χ3n) is 2.89. The van der Waals surface area contributed by atoms with Gasteiger partial charge in [-0.15, -0.1) is 11.6 Å². The fraction of sp³-hybridized carbons (Fsp3) is 0.538. The summed E-state index contributed by atoms with van der Waals surface area (Å²) in [5, 5.41) is 0. The normalized spacial score (nSPS) is 11.6. The van der Waals surface area contributed by atoms with Crippen LogP contribution in [-0.2, 0) is 13.0 Å². The number of hydrogen-bond donors (Lipinski definition) is 0. The number of fused-ring (bicyclic) bond motifs is 1. The van der Waals surface area contributed by atoms with E-state index < -0.39 is 0 Å². The van der Waals surface area contributed by atoms with Crippen molar-refractivity contribution in [2.45, 2.75) is 19.9 Å². The molecular weight excluding hydrogens is 248 g/mol. The summed E-state index contributed by atoms with van der Waals surface area (Å²) in [7, 11) is 4.13. The Morgan fingerprint density at radius 1 is 1.39 bits per heavy atom. The number of alkyl halides is 1. The van der Waals surface area contributed by atoms with Crippen LogP contribution in [0.4, 0.5) is 0 Å². The number of imidazole rings is 1. The summed E-state index contributed by atoms with van der Waals surface area (Å²) < 4.78 is 2.18. The fourth-order valence-electron chi connectivity index (χ4n) is 1.97. The molecule has 0 fully saturated rings. The van der Waals surface area contributed by atoms with Crippen LogP contribution in [0.5, 0.6) is 0 Å². The predicted molar refractivity (Wildman–Crippen MR) is 75.2 cm³/mol. The number of likely N-dealkylation sites (N-methyl/N-ethyl adjacent to an activating group) is 1. The molecule has 2 rings (SSSR count). The van der Waals surface area contributed by atoms with E-state index in [2.05, 4.69) is 39.6 Å². The highest BCUT2D eigenvalue weighted by Crippen LogP contribution is 2.16. The molecule has 0 bridgehead atoms. The first-order valence-corrected chi connectivity index (χ1v) is 6.67. The SMILES string of the molecule is Cc1cnc2c(c1)nc(CCCl)n2CCN(C)C. The van der Waals surface area contributed by atoms with Gasteiger partial charge in [-0.05, 0) is 32.6 Å². The molecule has 5 heteroatoms. The zero-order valence-corrected chi connectivity index (χ0v) is 11.9. The molecule has 0 aliphatic heterocycles. The van der Waals surface area contributed by atoms with E-state index in [1.165, 1.54) is 0 Å². The summed E-state index contributed by atoms with van der Waals surface area (Å²) in [6.45, 7) is 3.90. The van der Waals surface area contributed by atoms with E-state index in [4.69, 9.17) is 11.6 Å². The number of rotatable bonds is 5. The van der Waals surface area contributed by atoms with Crippen LogP contribution in [0, 0.1) is 6.92 Å². The van der Waals surface area contributed by atoms with Crippen LogP contribution >= 0.6 is 11.6 Å². The lowest BCUT2D eigenvalue weighted by Gasteiger charge is -2.12. The Labute approximate surface area is 113 Å². The second kappa shape index (κ2) is 5.67. The molecule has 2 aromatic heterocycles. The molecule has 0 saturated heterocycles. The summed E-state index contributed by atoms with van der Waals surface area (Å²) in [6.07, 6.45) is 2.67. The van der Waals surface area contributed by atoms with Crippen LogP contribution in [0.2, 0.25) is 0 Å². The van der Waals surface area contributed by atoms with Gasteiger partial charge in [-0.25, -0.2) is 9.97 Å². The molecule has 2 aromatic rings. The molecule has 18 heavy (non-hydrogen) atoms. The molecule has 0 radical (unpaired) electrons. The van der Waals surface area contributed by atoms with Gasteiger partial charge < -0.3 is 9.47 Å². The van der Waals surface area contributed by atoms with Crippen molar-refractivity contribution in [3.8, 4) is 0 Å². The van der Waals surface area contributed by atoms with Crippen LogP contribution in [0.1, 0.15) is 11.4 Å². The van der Waals surface area contributed by atoms with Gasteiger partial charge in [0.1, 0.15) is 11.3 Å². The number of aromatic nitrogens is 3. The molecule has 4 nitrogen and oxygen atoms in total. The van der Waals surface area contributed by atoms with Crippen LogP contribution in [-0.4, -0.2) is 46.0 Å². The van der Waals surface area contributed by atoms with Crippen molar-refractivity contribution < 1.29 is 0 Å². The van der Waals surface area contributed by atoms with Crippen LogP contribution < -0.4 is 0 Å². The molecule has 0 spiro atoms. The van der Waals surface area contributed by atoms with E-state index in [0.717, 1.165) is 42.1 Å². The highest BCUT2D eigenvalue weighted by molar-refractivity contribution is 6.17. The summed E-state index contributed by atoms with van der Waals surface area (Å²) >= 11 is 5.85. The third-order valence-corrected chi connectivity index (χ3v) is 3.08. The lowest BCUT2D eigenvalue weighted by Crippen LogP contribution is -2.20. The predicted octanol–water partition coefficient (Wildman–Crippen LogP) is 2.08. The second-order valence-electron chi connectivity index (χ2n) is 4.78. The van der Waals surface area contributed by atoms with Gasteiger partial charge >= 0.3 is 0 Å². The first-order valence-electron chi connectivity index (χ1n) is 6.14. The van der Waals surface area contributed by atoms with E-state index in [0.29, 0.717) is 5.88 Å². The molecule has 0 amide bonds. The van der Waals surface area contributed by atoms with Crippen LogP contribution in [0.25, 0.3) is 11.2 Å². The molecule has 2 heterocycles. The first kappa shape index (κ1) is 13.3. The monoisotopic (exact) mass is 266 g/mol. The number of aryl methyl sites for hydroxylation is 2. The number of pyridine rings is 1. The Hall–Kier alpha value is -1.13. The molecule has 0 aromatic carbocycles. The molecule has 0 aliphatic rings. The van der Waals surface area contributed by atoms with Crippen LogP contribution in [0.3, 0.4) is 0 Å². The van der Waals surface area contributed by atoms with E-state index >= 15 is 0 Å². The lowest BCUT2D eigenvalue weighted by molar-refractivity contribution is 0.383. The average molecular weight is 267 g/mol. The Balaban J connectivity index is 2.41. The van der Waals surface area contributed by atoms with Gasteiger partial charge in [-0.2, -0.15) is 0 Å². The minimum absolute atomic E-state index is 0.588. The van der Waals surface area contributed by atoms with Gasteiger partial charge in [0, 0.05) is 31.6 Å². The molecule has 0 saturated carbocycles. The van der Waals surface area contributed by atoms with E-state index in [1.54, 1.807) is 0 Å². The molecule has 0 unspecified atom stereocenters. The number of nitrogens with zero attached hydrogens (tertiary/aromatic N) is 4. The Morgan fingerprint density at radius 3 is 2.83 bits per heavy atom. The Kier molecular flexibility index (Phi) is 4.19. The highest BCUT2D eigenvalue weighted by Gasteiger charge is 2.11. The van der Waals surface area contributed by atoms with Crippen molar-refractivity contribution in [2.75, 3.05) is 26.5 Å². The van der Waals surface area contributed by atoms with Crippen molar-refractivity contribution in [1.82, 2.24) is 19.4 Å². The highest BCUT2D eigenvalue weighted by atomic mass is 35.5. The van der Waals surface area contributed by atoms with Gasteiger partial charge in [-0.1, -0.05) is 0 Å². The zero-order valence-electron chi connectivity index (χ0n) is 11.1.